The molecule has 4 heteroatoms. The minimum absolute atomic E-state index is 0.661. The first-order valence-electron chi connectivity index (χ1n) is 7.02. The van der Waals surface area contributed by atoms with Gasteiger partial charge in [0.2, 0.25) is 0 Å². The Labute approximate surface area is 125 Å². The molecule has 3 rings (SSSR count). The largest absolute Gasteiger partial charge is 0.311 e. The zero-order valence-electron chi connectivity index (χ0n) is 11.2. The first kappa shape index (κ1) is 13.7. The summed E-state index contributed by atoms with van der Waals surface area (Å²) in [6.45, 7) is 0.878. The molecule has 2 heterocycles. The summed E-state index contributed by atoms with van der Waals surface area (Å²) in [5.74, 6) is 0. The van der Waals surface area contributed by atoms with Crippen molar-refractivity contribution in [2.24, 2.45) is 0 Å². The van der Waals surface area contributed by atoms with Crippen LogP contribution in [0.2, 0.25) is 10.0 Å². The average molecular weight is 299 g/mol. The van der Waals surface area contributed by atoms with Crippen molar-refractivity contribution in [3.8, 4) is 0 Å². The first-order chi connectivity index (χ1) is 9.11. The Morgan fingerprint density at radius 1 is 1.21 bits per heavy atom. The van der Waals surface area contributed by atoms with Gasteiger partial charge in [-0.1, -0.05) is 23.2 Å². The number of nitrogens with zero attached hydrogens (tertiary/aromatic N) is 1. The molecule has 0 aliphatic carbocycles. The highest BCUT2D eigenvalue weighted by Gasteiger charge is 2.35. The predicted octanol–water partition coefficient (Wildman–Crippen LogP) is 3.71. The second kappa shape index (κ2) is 5.61. The van der Waals surface area contributed by atoms with Gasteiger partial charge >= 0.3 is 0 Å². The molecule has 1 N–H and O–H groups in total. The van der Waals surface area contributed by atoms with Crippen LogP contribution in [0.3, 0.4) is 0 Å². The lowest BCUT2D eigenvalue weighted by Crippen LogP contribution is -2.46. The van der Waals surface area contributed by atoms with Crippen LogP contribution in [0.4, 0.5) is 0 Å². The summed E-state index contributed by atoms with van der Waals surface area (Å²) in [7, 11) is 2.20. The summed E-state index contributed by atoms with van der Waals surface area (Å²) >= 11 is 12.3. The van der Waals surface area contributed by atoms with Gasteiger partial charge in [0.1, 0.15) is 0 Å². The molecule has 2 fully saturated rings. The smallest absolute Gasteiger partial charge is 0.0452 e. The summed E-state index contributed by atoms with van der Waals surface area (Å²) < 4.78 is 0. The minimum Gasteiger partial charge on any atom is -0.311 e. The van der Waals surface area contributed by atoms with Crippen LogP contribution in [0.1, 0.15) is 31.2 Å². The highest BCUT2D eigenvalue weighted by molar-refractivity contribution is 6.33. The van der Waals surface area contributed by atoms with E-state index in [2.05, 4.69) is 17.3 Å². The van der Waals surface area contributed by atoms with E-state index in [4.69, 9.17) is 23.2 Å². The Kier molecular flexibility index (Phi) is 4.04. The molecule has 0 spiro atoms. The van der Waals surface area contributed by atoms with Gasteiger partial charge < -0.3 is 5.32 Å². The topological polar surface area (TPSA) is 15.3 Å². The van der Waals surface area contributed by atoms with Gasteiger partial charge in [0, 0.05) is 34.7 Å². The van der Waals surface area contributed by atoms with E-state index in [1.54, 1.807) is 0 Å². The van der Waals surface area contributed by atoms with Gasteiger partial charge in [-0.25, -0.2) is 0 Å². The number of nitrogens with one attached hydrogen (secondary N) is 1. The Morgan fingerprint density at radius 3 is 2.58 bits per heavy atom. The van der Waals surface area contributed by atoms with Crippen molar-refractivity contribution < 1.29 is 0 Å². The van der Waals surface area contributed by atoms with Crippen molar-refractivity contribution in [2.75, 3.05) is 7.05 Å². The van der Waals surface area contributed by atoms with E-state index < -0.39 is 0 Å². The fourth-order valence-corrected chi connectivity index (χ4v) is 3.82. The van der Waals surface area contributed by atoms with Gasteiger partial charge in [-0.2, -0.15) is 0 Å². The molecular formula is C15H20Cl2N2. The lowest BCUT2D eigenvalue weighted by Gasteiger charge is -2.35. The van der Waals surface area contributed by atoms with Crippen LogP contribution in [0.25, 0.3) is 0 Å². The zero-order valence-corrected chi connectivity index (χ0v) is 12.7. The molecule has 1 aromatic carbocycles. The van der Waals surface area contributed by atoms with E-state index in [1.165, 1.54) is 25.7 Å². The maximum absolute atomic E-state index is 6.25. The van der Waals surface area contributed by atoms with Gasteiger partial charge in [0.15, 0.2) is 0 Å². The molecule has 2 atom stereocenters. The Hall–Kier alpha value is -0.280. The molecule has 2 aliphatic heterocycles. The third-order valence-corrected chi connectivity index (χ3v) is 5.10. The van der Waals surface area contributed by atoms with Gasteiger partial charge in [-0.15, -0.1) is 0 Å². The number of hydrogen-bond donors (Lipinski definition) is 1. The molecule has 2 unspecified atom stereocenters. The number of halogens is 2. The normalized spacial score (nSPS) is 30.0. The SMILES string of the molecule is CN(Cc1cc(Cl)ccc1Cl)C1CC2CCC(C1)N2. The number of hydrogen-bond acceptors (Lipinski definition) is 2. The maximum Gasteiger partial charge on any atom is 0.0452 e. The lowest BCUT2D eigenvalue weighted by molar-refractivity contribution is 0.166. The fraction of sp³-hybridized carbons (Fsp3) is 0.600. The molecule has 104 valence electrons. The predicted molar refractivity (Wildman–Crippen MR) is 80.9 cm³/mol. The van der Waals surface area contributed by atoms with Crippen LogP contribution < -0.4 is 5.32 Å². The van der Waals surface area contributed by atoms with Crippen molar-refractivity contribution in [2.45, 2.75) is 50.4 Å². The fourth-order valence-electron chi connectivity index (χ4n) is 3.45. The highest BCUT2D eigenvalue weighted by atomic mass is 35.5. The third-order valence-electron chi connectivity index (χ3n) is 4.50. The van der Waals surface area contributed by atoms with Crippen LogP contribution in [-0.2, 0) is 6.54 Å². The summed E-state index contributed by atoms with van der Waals surface area (Å²) in [4.78, 5) is 2.43. The Morgan fingerprint density at radius 2 is 1.89 bits per heavy atom. The van der Waals surface area contributed by atoms with Crippen molar-refractivity contribution in [3.63, 3.8) is 0 Å². The average Bonchev–Trinajstić information content (AvgIpc) is 2.72. The summed E-state index contributed by atoms with van der Waals surface area (Å²) in [6, 6.07) is 7.82. The first-order valence-corrected chi connectivity index (χ1v) is 7.77. The molecule has 2 bridgehead atoms. The Balaban J connectivity index is 1.67. The quantitative estimate of drug-likeness (QED) is 0.915. The number of rotatable bonds is 3. The maximum atomic E-state index is 6.25. The number of benzene rings is 1. The van der Waals surface area contributed by atoms with Crippen LogP contribution >= 0.6 is 23.2 Å². The highest BCUT2D eigenvalue weighted by Crippen LogP contribution is 2.30. The van der Waals surface area contributed by atoms with E-state index in [0.29, 0.717) is 6.04 Å². The molecule has 2 saturated heterocycles. The van der Waals surface area contributed by atoms with E-state index in [1.807, 2.05) is 18.2 Å². The minimum atomic E-state index is 0.661. The van der Waals surface area contributed by atoms with Crippen LogP contribution in [0.15, 0.2) is 18.2 Å². The number of piperidine rings is 1. The molecule has 1 aromatic rings. The van der Waals surface area contributed by atoms with Gasteiger partial charge in [-0.3, -0.25) is 4.90 Å². The molecule has 0 saturated carbocycles. The van der Waals surface area contributed by atoms with Crippen LogP contribution in [-0.4, -0.2) is 30.1 Å². The monoisotopic (exact) mass is 298 g/mol. The zero-order chi connectivity index (χ0) is 13.4. The van der Waals surface area contributed by atoms with Crippen molar-refractivity contribution in [1.29, 1.82) is 0 Å². The van der Waals surface area contributed by atoms with Crippen molar-refractivity contribution in [1.82, 2.24) is 10.2 Å². The summed E-state index contributed by atoms with van der Waals surface area (Å²) in [5, 5.41) is 5.26. The van der Waals surface area contributed by atoms with Gasteiger partial charge in [0.05, 0.1) is 0 Å². The second-order valence-corrected chi connectivity index (χ2v) is 6.76. The molecule has 19 heavy (non-hydrogen) atoms. The van der Waals surface area contributed by atoms with Gasteiger partial charge in [0.25, 0.3) is 0 Å². The standard InChI is InChI=1S/C15H20Cl2N2/c1-19(9-10-6-11(16)2-5-15(10)17)14-7-12-3-4-13(8-14)18-12/h2,5-6,12-14,18H,3-4,7-9H2,1H3. The third kappa shape index (κ3) is 3.08. The second-order valence-electron chi connectivity index (χ2n) is 5.91. The molecule has 0 radical (unpaired) electrons. The van der Waals surface area contributed by atoms with Crippen LogP contribution in [0.5, 0.6) is 0 Å². The van der Waals surface area contributed by atoms with Crippen molar-refractivity contribution >= 4 is 23.2 Å². The molecule has 0 aromatic heterocycles. The van der Waals surface area contributed by atoms with Gasteiger partial charge in [-0.05, 0) is 56.5 Å². The molecule has 2 nitrogen and oxygen atoms in total. The van der Waals surface area contributed by atoms with E-state index in [9.17, 15) is 0 Å². The molecular weight excluding hydrogens is 279 g/mol. The van der Waals surface area contributed by atoms with E-state index in [0.717, 1.165) is 34.2 Å². The molecule has 0 amide bonds. The number of fused-ring (bicyclic) bond motifs is 2. The molecule has 2 aliphatic rings. The van der Waals surface area contributed by atoms with E-state index in [-0.39, 0.29) is 0 Å². The summed E-state index contributed by atoms with van der Waals surface area (Å²) in [6.07, 6.45) is 5.19. The lowest BCUT2D eigenvalue weighted by atomic mass is 9.98. The summed E-state index contributed by atoms with van der Waals surface area (Å²) in [5.41, 5.74) is 1.13. The Bertz CT molecular complexity index is 451. The van der Waals surface area contributed by atoms with Crippen LogP contribution in [0, 0.1) is 0 Å². The van der Waals surface area contributed by atoms with Crippen molar-refractivity contribution in [3.05, 3.63) is 33.8 Å². The van der Waals surface area contributed by atoms with E-state index >= 15 is 0 Å².